The maximum absolute atomic E-state index is 11.7. The number of aromatic nitrogens is 1. The molecule has 0 atom stereocenters. The quantitative estimate of drug-likeness (QED) is 0.648. The third-order valence-electron chi connectivity index (χ3n) is 3.05. The van der Waals surface area contributed by atoms with Gasteiger partial charge in [0.15, 0.2) is 0 Å². The standard InChI is InChI=1S/C14H15ClN2O2.2CH4/c1-14(2,3)9-4-7-8(12(18)13(16)19)6-17-11(7)5-10(9)15;;/h4-6,17H,1-3H3,(H2,16,19);2*1H4. The number of benzene rings is 1. The number of nitrogens with two attached hydrogens (primary N) is 1. The number of carbonyl (C=O) groups excluding carboxylic acids is 2. The molecule has 0 aliphatic heterocycles. The highest BCUT2D eigenvalue weighted by atomic mass is 35.5. The van der Waals surface area contributed by atoms with Crippen molar-refractivity contribution in [2.24, 2.45) is 5.73 Å². The number of fused-ring (bicyclic) bond motifs is 1. The Balaban J connectivity index is 0.00000200. The number of aromatic amines is 1. The van der Waals surface area contributed by atoms with Gasteiger partial charge in [0.25, 0.3) is 11.7 Å². The van der Waals surface area contributed by atoms with E-state index < -0.39 is 11.7 Å². The van der Waals surface area contributed by atoms with Crippen LogP contribution in [0.2, 0.25) is 5.02 Å². The zero-order valence-electron chi connectivity index (χ0n) is 11.0. The van der Waals surface area contributed by atoms with E-state index in [0.717, 1.165) is 5.56 Å². The normalized spacial score (nSPS) is 10.7. The molecule has 1 aromatic carbocycles. The fourth-order valence-electron chi connectivity index (χ4n) is 2.04. The highest BCUT2D eigenvalue weighted by Crippen LogP contribution is 2.34. The predicted molar refractivity (Wildman–Crippen MR) is 89.0 cm³/mol. The Labute approximate surface area is 130 Å². The molecule has 2 aromatic rings. The first-order chi connectivity index (χ1) is 8.71. The van der Waals surface area contributed by atoms with Crippen molar-refractivity contribution in [3.8, 4) is 0 Å². The van der Waals surface area contributed by atoms with Crippen molar-refractivity contribution in [3.63, 3.8) is 0 Å². The second-order valence-corrected chi connectivity index (χ2v) is 5.93. The van der Waals surface area contributed by atoms with Crippen molar-refractivity contribution in [1.29, 1.82) is 0 Å². The van der Waals surface area contributed by atoms with E-state index in [-0.39, 0.29) is 25.8 Å². The highest BCUT2D eigenvalue weighted by Gasteiger charge is 2.22. The topological polar surface area (TPSA) is 76.0 Å². The maximum Gasteiger partial charge on any atom is 0.289 e. The number of carbonyl (C=O) groups is 2. The van der Waals surface area contributed by atoms with Crippen molar-refractivity contribution in [1.82, 2.24) is 4.98 Å². The molecule has 4 nitrogen and oxygen atoms in total. The second kappa shape index (κ2) is 6.31. The number of ketones is 1. The van der Waals surface area contributed by atoms with Crippen LogP contribution in [-0.2, 0) is 10.2 Å². The number of halogens is 1. The van der Waals surface area contributed by atoms with E-state index in [2.05, 4.69) is 4.98 Å². The largest absolute Gasteiger partial charge is 0.363 e. The van der Waals surface area contributed by atoms with Gasteiger partial charge < -0.3 is 10.7 Å². The van der Waals surface area contributed by atoms with Gasteiger partial charge in [-0.15, -0.1) is 0 Å². The van der Waals surface area contributed by atoms with E-state index in [1.54, 1.807) is 6.07 Å². The van der Waals surface area contributed by atoms with Gasteiger partial charge in [-0.1, -0.05) is 47.2 Å². The van der Waals surface area contributed by atoms with Gasteiger partial charge in [-0.25, -0.2) is 0 Å². The lowest BCUT2D eigenvalue weighted by atomic mass is 9.86. The fraction of sp³-hybridized carbons (Fsp3) is 0.375. The van der Waals surface area contributed by atoms with Gasteiger partial charge in [0.05, 0.1) is 5.56 Å². The average Bonchev–Trinajstić information content (AvgIpc) is 2.67. The predicted octanol–water partition coefficient (Wildman–Crippen LogP) is 4.06. The Morgan fingerprint density at radius 3 is 2.24 bits per heavy atom. The molecule has 1 aromatic heterocycles. The Morgan fingerprint density at radius 2 is 1.76 bits per heavy atom. The summed E-state index contributed by atoms with van der Waals surface area (Å²) in [6, 6.07) is 3.60. The molecule has 0 fully saturated rings. The van der Waals surface area contributed by atoms with E-state index in [0.29, 0.717) is 15.9 Å². The number of H-pyrrole nitrogens is 1. The molecular weight excluding hydrogens is 288 g/mol. The number of Topliss-reactive ketones (excluding diaryl/α,β-unsaturated/α-hetero) is 1. The van der Waals surface area contributed by atoms with E-state index in [4.69, 9.17) is 17.3 Å². The number of nitrogens with one attached hydrogen (secondary N) is 1. The summed E-state index contributed by atoms with van der Waals surface area (Å²) in [5.74, 6) is -1.67. The van der Waals surface area contributed by atoms with Crippen molar-refractivity contribution in [2.45, 2.75) is 41.0 Å². The van der Waals surface area contributed by atoms with Crippen LogP contribution in [0, 0.1) is 0 Å². The van der Waals surface area contributed by atoms with Gasteiger partial charge in [0.1, 0.15) is 0 Å². The number of primary amides is 1. The Kier molecular flexibility index (Phi) is 5.76. The summed E-state index contributed by atoms with van der Waals surface area (Å²) in [5, 5.41) is 1.29. The SMILES string of the molecule is C.C.CC(C)(C)c1cc2c(C(=O)C(N)=O)c[nH]c2cc1Cl. The molecule has 0 radical (unpaired) electrons. The van der Waals surface area contributed by atoms with E-state index in [1.165, 1.54) is 6.20 Å². The molecular formula is C16H23ClN2O2. The van der Waals surface area contributed by atoms with Crippen molar-refractivity contribution in [3.05, 3.63) is 34.5 Å². The summed E-state index contributed by atoms with van der Waals surface area (Å²) in [6.45, 7) is 6.09. The molecule has 21 heavy (non-hydrogen) atoms. The summed E-state index contributed by atoms with van der Waals surface area (Å²) < 4.78 is 0. The van der Waals surface area contributed by atoms with Crippen LogP contribution in [0.5, 0.6) is 0 Å². The minimum atomic E-state index is -0.965. The smallest absolute Gasteiger partial charge is 0.289 e. The third kappa shape index (κ3) is 3.45. The minimum absolute atomic E-state index is 0. The fourth-order valence-corrected chi connectivity index (χ4v) is 2.49. The molecule has 0 bridgehead atoms. The summed E-state index contributed by atoms with van der Waals surface area (Å²) in [6.07, 6.45) is 1.49. The van der Waals surface area contributed by atoms with Gasteiger partial charge in [-0.05, 0) is 23.1 Å². The van der Waals surface area contributed by atoms with Crippen LogP contribution >= 0.6 is 11.6 Å². The molecule has 116 valence electrons. The Hall–Kier alpha value is -1.81. The first-order valence-electron chi connectivity index (χ1n) is 5.87. The summed E-state index contributed by atoms with van der Waals surface area (Å²) in [4.78, 5) is 25.7. The average molecular weight is 311 g/mol. The zero-order chi connectivity index (χ0) is 14.4. The Morgan fingerprint density at radius 1 is 1.19 bits per heavy atom. The van der Waals surface area contributed by atoms with Gasteiger partial charge in [0.2, 0.25) is 0 Å². The van der Waals surface area contributed by atoms with Crippen LogP contribution in [0.4, 0.5) is 0 Å². The molecule has 5 heteroatoms. The lowest BCUT2D eigenvalue weighted by Gasteiger charge is -2.20. The molecule has 2 rings (SSSR count). The summed E-state index contributed by atoms with van der Waals surface area (Å²) in [7, 11) is 0. The van der Waals surface area contributed by atoms with Crippen LogP contribution in [0.15, 0.2) is 18.3 Å². The molecule has 0 saturated heterocycles. The molecule has 1 heterocycles. The van der Waals surface area contributed by atoms with Gasteiger partial charge in [-0.3, -0.25) is 9.59 Å². The van der Waals surface area contributed by atoms with Gasteiger partial charge in [0, 0.05) is 22.1 Å². The van der Waals surface area contributed by atoms with Crippen molar-refractivity contribution >= 4 is 34.2 Å². The van der Waals surface area contributed by atoms with E-state index in [9.17, 15) is 9.59 Å². The number of amides is 1. The summed E-state index contributed by atoms with van der Waals surface area (Å²) >= 11 is 6.24. The minimum Gasteiger partial charge on any atom is -0.363 e. The maximum atomic E-state index is 11.7. The lowest BCUT2D eigenvalue weighted by Crippen LogP contribution is -2.22. The van der Waals surface area contributed by atoms with Crippen LogP contribution in [0.3, 0.4) is 0 Å². The molecule has 3 N–H and O–H groups in total. The second-order valence-electron chi connectivity index (χ2n) is 5.52. The van der Waals surface area contributed by atoms with Crippen LogP contribution < -0.4 is 5.73 Å². The van der Waals surface area contributed by atoms with E-state index in [1.807, 2.05) is 26.8 Å². The van der Waals surface area contributed by atoms with E-state index >= 15 is 0 Å². The molecule has 0 aliphatic rings. The van der Waals surface area contributed by atoms with Crippen molar-refractivity contribution < 1.29 is 9.59 Å². The highest BCUT2D eigenvalue weighted by molar-refractivity contribution is 6.44. The van der Waals surface area contributed by atoms with Crippen LogP contribution in [-0.4, -0.2) is 16.7 Å². The zero-order valence-corrected chi connectivity index (χ0v) is 11.8. The molecule has 0 aliphatic carbocycles. The van der Waals surface area contributed by atoms with Crippen LogP contribution in [0.25, 0.3) is 10.9 Å². The van der Waals surface area contributed by atoms with Gasteiger partial charge in [-0.2, -0.15) is 0 Å². The third-order valence-corrected chi connectivity index (χ3v) is 3.36. The first-order valence-corrected chi connectivity index (χ1v) is 6.25. The molecule has 0 spiro atoms. The monoisotopic (exact) mass is 310 g/mol. The number of hydrogen-bond donors (Lipinski definition) is 2. The van der Waals surface area contributed by atoms with Crippen molar-refractivity contribution in [2.75, 3.05) is 0 Å². The molecule has 1 amide bonds. The lowest BCUT2D eigenvalue weighted by molar-refractivity contribution is -0.114. The Bertz CT molecular complexity index is 681. The number of hydrogen-bond acceptors (Lipinski definition) is 2. The first kappa shape index (κ1) is 19.2. The van der Waals surface area contributed by atoms with Gasteiger partial charge >= 0.3 is 0 Å². The molecule has 0 unspecified atom stereocenters. The van der Waals surface area contributed by atoms with Crippen LogP contribution in [0.1, 0.15) is 51.5 Å². The number of rotatable bonds is 2. The molecule has 0 saturated carbocycles. The summed E-state index contributed by atoms with van der Waals surface area (Å²) in [5.41, 5.74) is 6.80.